The van der Waals surface area contributed by atoms with Crippen LogP contribution in [0, 0.1) is 38.5 Å². The Labute approximate surface area is 845 Å². The van der Waals surface area contributed by atoms with Gasteiger partial charge >= 0.3 is 39.1 Å². The van der Waals surface area contributed by atoms with Crippen LogP contribution in [0.2, 0.25) is 25.1 Å². The van der Waals surface area contributed by atoms with Crippen molar-refractivity contribution in [1.82, 2.24) is 0 Å². The van der Waals surface area contributed by atoms with E-state index in [0.29, 0.717) is 86.2 Å². The van der Waals surface area contributed by atoms with Gasteiger partial charge in [0.15, 0.2) is 0 Å². The number of rotatable bonds is 20. The van der Waals surface area contributed by atoms with Crippen LogP contribution in [0.1, 0.15) is 48.0 Å². The topological polar surface area (TPSA) is 221 Å². The van der Waals surface area contributed by atoms with E-state index in [4.69, 9.17) is 106 Å². The van der Waals surface area contributed by atoms with Gasteiger partial charge in [0.25, 0.3) is 3.23 Å². The third-order valence-electron chi connectivity index (χ3n) is 16.9. The monoisotopic (exact) mass is 2380 g/mol. The SMILES string of the molecule is BrB(Br)Br.C.C1CCOC1.CCOC(=O)C(Br)(Br)C(=O)OCC.CCOC(=O)C1(C(=O)OCC)Oc2c(cc(F)cc2-c2ccccc2Cl)S1.COc1c(I)cc(F)cc1-c1ccccc1Cl.COc1c(SC)cc(F)cc1-c1ccccc1Cl.COc1ccc(F)cc1-c1ccccc1Cl.COc1ccc(F)cc1B(O)O.CSc1cc(F)cc(-c2ccccc2Cl)c1O. The zero-order valence-corrected chi connectivity index (χ0v) is 86.5. The van der Waals surface area contributed by atoms with E-state index in [1.165, 1.54) is 116 Å². The van der Waals surface area contributed by atoms with Crippen LogP contribution in [0.15, 0.2) is 221 Å². The lowest BCUT2D eigenvalue weighted by atomic mass is 9.79. The molecule has 0 aromatic heterocycles. The smallest absolute Gasteiger partial charge is 0.492 e. The number of phenolic OH excluding ortho intramolecular Hbond substituents is 1. The van der Waals surface area contributed by atoms with Crippen molar-refractivity contribution in [2.45, 2.75) is 70.8 Å². The highest BCUT2D eigenvalue weighted by atomic mass is 127. The molecule has 2 aliphatic rings. The molecule has 17 nitrogen and oxygen atoms in total. The Bertz CT molecular complexity index is 5500. The predicted octanol–water partition coefficient (Wildman–Crippen LogP) is 27.5. The van der Waals surface area contributed by atoms with Crippen LogP contribution in [0.3, 0.4) is 0 Å². The zero-order chi connectivity index (χ0) is 95.8. The molecule has 0 bridgehead atoms. The van der Waals surface area contributed by atoms with Crippen LogP contribution in [0.25, 0.3) is 55.6 Å². The quantitative estimate of drug-likeness (QED) is 0.00943. The van der Waals surface area contributed by atoms with Crippen LogP contribution in [0.4, 0.5) is 26.3 Å². The van der Waals surface area contributed by atoms with Crippen molar-refractivity contribution in [3.8, 4) is 90.1 Å². The Kier molecular flexibility index (Phi) is 52.7. The van der Waals surface area contributed by atoms with Gasteiger partial charge in [-0.05, 0) is 223 Å². The molecule has 0 aliphatic carbocycles. The number of phenols is 1. The number of alkyl halides is 2. The molecule has 3 N–H and O–H groups in total. The first-order chi connectivity index (χ1) is 61.4. The van der Waals surface area contributed by atoms with Crippen LogP contribution in [0.5, 0.6) is 34.5 Å². The summed E-state index contributed by atoms with van der Waals surface area (Å²) in [4.78, 5) is 46.9. The minimum absolute atomic E-state index is 0. The van der Waals surface area contributed by atoms with Crippen molar-refractivity contribution in [3.63, 3.8) is 0 Å². The second-order valence-corrected chi connectivity index (χ2v) is 41.3. The van der Waals surface area contributed by atoms with E-state index in [1.54, 1.807) is 128 Å². The van der Waals surface area contributed by atoms with Gasteiger partial charge in [0.05, 0.1) is 73.1 Å². The van der Waals surface area contributed by atoms with Crippen molar-refractivity contribution >= 4 is 235 Å². The van der Waals surface area contributed by atoms with Crippen LogP contribution in [-0.4, -0.2) is 138 Å². The van der Waals surface area contributed by atoms with Crippen molar-refractivity contribution in [1.29, 1.82) is 0 Å². The van der Waals surface area contributed by atoms with Crippen LogP contribution >= 0.6 is 195 Å². The molecule has 0 saturated carbocycles. The first-order valence-corrected chi connectivity index (χ1v) is 48.6. The summed E-state index contributed by atoms with van der Waals surface area (Å²) < 4.78 is 131. The number of ether oxygens (including phenoxy) is 10. The minimum atomic E-state index is -2.09. The molecule has 2 heterocycles. The van der Waals surface area contributed by atoms with E-state index in [1.807, 2.05) is 83.4 Å². The number of esters is 4. The van der Waals surface area contributed by atoms with Gasteiger partial charge in [0.2, 0.25) is 0 Å². The van der Waals surface area contributed by atoms with Gasteiger partial charge in [-0.25, -0.2) is 45.5 Å². The number of thioether (sulfide) groups is 3. The third-order valence-corrected chi connectivity index (χ3v) is 23.3. The summed E-state index contributed by atoms with van der Waals surface area (Å²) in [6.45, 7) is 9.03. The molecule has 0 atom stereocenters. The summed E-state index contributed by atoms with van der Waals surface area (Å²) in [6, 6.07) is 54.5. The van der Waals surface area contributed by atoms with Gasteiger partial charge in [-0.15, -0.1) is 70.8 Å². The minimum Gasteiger partial charge on any atom is -0.506 e. The van der Waals surface area contributed by atoms with E-state index in [2.05, 4.69) is 88.6 Å². The van der Waals surface area contributed by atoms with E-state index < -0.39 is 50.8 Å². The fourth-order valence-corrected chi connectivity index (χ4v) is 16.0. The van der Waals surface area contributed by atoms with Crippen LogP contribution in [-0.2, 0) is 42.9 Å². The maximum absolute atomic E-state index is 14.2. The van der Waals surface area contributed by atoms with Crippen molar-refractivity contribution in [2.75, 3.05) is 80.6 Å². The molecular formula is C91H87B2Br5Cl5F6IO17S3. The first kappa shape index (κ1) is 116. The summed E-state index contributed by atoms with van der Waals surface area (Å²) in [5.41, 5.74) is 6.22. The number of halogens is 17. The molecule has 696 valence electrons. The summed E-state index contributed by atoms with van der Waals surface area (Å²) >= 11 is 51.2. The molecule has 0 radical (unpaired) electrons. The van der Waals surface area contributed by atoms with E-state index in [-0.39, 0.29) is 87.9 Å². The highest BCUT2D eigenvalue weighted by molar-refractivity contribution is 14.1. The largest absolute Gasteiger partial charge is 0.506 e. The molecular weight excluding hydrogens is 2300 g/mol. The lowest BCUT2D eigenvalue weighted by Gasteiger charge is -2.23. The molecule has 11 aromatic carbocycles. The summed E-state index contributed by atoms with van der Waals surface area (Å²) in [6.07, 6.45) is 6.22. The van der Waals surface area contributed by atoms with E-state index in [0.717, 1.165) is 56.2 Å². The maximum atomic E-state index is 14.2. The Hall–Kier alpha value is -6.68. The number of carbonyl (C=O) groups excluding carboxylic acids is 4. The van der Waals surface area contributed by atoms with Crippen LogP contribution < -0.4 is 29.1 Å². The van der Waals surface area contributed by atoms with Crippen molar-refractivity contribution < 1.29 is 108 Å². The molecule has 0 spiro atoms. The van der Waals surface area contributed by atoms with Gasteiger partial charge in [-0.1, -0.05) is 168 Å². The molecule has 39 heteroatoms. The number of hydrogen-bond donors (Lipinski definition) is 3. The zero-order valence-electron chi connectivity index (χ0n) is 70.1. The van der Waals surface area contributed by atoms with E-state index >= 15 is 0 Å². The number of methoxy groups -OCH3 is 4. The number of fused-ring (bicyclic) bond motifs is 1. The molecule has 1 fully saturated rings. The van der Waals surface area contributed by atoms with Gasteiger partial charge in [-0.3, -0.25) is 0 Å². The molecule has 2 aliphatic heterocycles. The second kappa shape index (κ2) is 59.2. The molecule has 0 unspecified atom stereocenters. The lowest BCUT2D eigenvalue weighted by molar-refractivity contribution is -0.169. The summed E-state index contributed by atoms with van der Waals surface area (Å²) in [5, 5.41) is 30.2. The lowest BCUT2D eigenvalue weighted by Crippen LogP contribution is -2.49. The molecule has 1 saturated heterocycles. The van der Waals surface area contributed by atoms with E-state index in [9.17, 15) is 50.6 Å². The molecule has 0 amide bonds. The Morgan fingerprint density at radius 3 is 1.19 bits per heavy atom. The molecule has 130 heavy (non-hydrogen) atoms. The predicted molar refractivity (Wildman–Crippen MR) is 540 cm³/mol. The first-order valence-electron chi connectivity index (χ1n) is 38.0. The average molecular weight is 2390 g/mol. The average Bonchev–Trinajstić information content (AvgIpc) is 1.68. The molecule has 13 rings (SSSR count). The fourth-order valence-electron chi connectivity index (χ4n) is 11.2. The Morgan fingerprint density at radius 1 is 0.462 bits per heavy atom. The highest BCUT2D eigenvalue weighted by Gasteiger charge is 2.58. The number of hydrogen-bond acceptors (Lipinski definition) is 20. The Morgan fingerprint density at radius 2 is 0.808 bits per heavy atom. The number of carbonyl (C=O) groups is 4. The fraction of sp³-hybridized carbons (Fsp3) is 0.231. The van der Waals surface area contributed by atoms with Gasteiger partial charge < -0.3 is 62.5 Å². The Balaban J connectivity index is 0.000000316. The van der Waals surface area contributed by atoms with Gasteiger partial charge in [0.1, 0.15) is 69.4 Å². The number of aromatic hydroxyl groups is 1. The normalized spacial score (nSPS) is 11.5. The van der Waals surface area contributed by atoms with Gasteiger partial charge in [0, 0.05) is 99.4 Å². The second-order valence-electron chi connectivity index (χ2n) is 25.3. The summed E-state index contributed by atoms with van der Waals surface area (Å²) in [5.74, 6) is -3.23. The maximum Gasteiger partial charge on any atom is 0.492 e. The van der Waals surface area contributed by atoms with Crippen molar-refractivity contribution in [2.24, 2.45) is 0 Å². The number of benzene rings is 11. The van der Waals surface area contributed by atoms with Gasteiger partial charge in [-0.2, -0.15) is 0 Å². The molecule has 11 aromatic rings. The standard InChI is InChI=1S/C19H16ClFO5S.C14H12ClFOS.C13H9ClFIO.C13H10ClFOS.C13H10ClFO.C7H8BFO3.C7H10Br2O4.C4H8O.CH4.BBr3/c1-3-24-17(22)19(18(23)25-4-2)26-16-13(9-11(21)10-15(16)27-19)12-7-5-6-8-14(12)20;1-17-14-11(7-9(16)8-13(14)18-2)10-5-3-4-6-12(10)15;1-17-13-10(6-8(15)7-12(13)16)9-4-2-3-5-11(9)14;1-17-12-7-8(15)6-10(13(12)16)9-4-2-3-5-11(9)14;1-16-13-7-6-9(15)8-11(13)10-4-2-3-5-12(10)14;1-12-7-3-2-5(9)4-6(7)8(10)11;1-3-12-5(10)7(8,9)6(11)13-4-2;1-2-4-5-3-1;;2-1(3)4/h5-10H,3-4H2,1-2H3;3-8H,1-2H3;2-7H,1H3;2-7,16H,1H3;2-8H,1H3;2-4,10-11H,1H3;3-4H2,1-2H3;1-4H2;1H4;. The third kappa shape index (κ3) is 34.6. The highest BCUT2D eigenvalue weighted by Crippen LogP contribution is 2.54. The summed E-state index contributed by atoms with van der Waals surface area (Å²) in [7, 11) is 4.35. The van der Waals surface area contributed by atoms with Crippen molar-refractivity contribution in [3.05, 3.63) is 270 Å².